The van der Waals surface area contributed by atoms with Crippen molar-refractivity contribution in [2.75, 3.05) is 0 Å². The highest BCUT2D eigenvalue weighted by atomic mass is 16.1. The number of aromatic nitrogens is 1. The van der Waals surface area contributed by atoms with Crippen molar-refractivity contribution in [3.8, 4) is 0 Å². The summed E-state index contributed by atoms with van der Waals surface area (Å²) in [4.78, 5) is 15.5. The van der Waals surface area contributed by atoms with E-state index >= 15 is 0 Å². The zero-order valence-electron chi connectivity index (χ0n) is 6.66. The van der Waals surface area contributed by atoms with Crippen LogP contribution in [0.1, 0.15) is 17.7 Å². The van der Waals surface area contributed by atoms with Crippen LogP contribution in [0, 0.1) is 0 Å². The minimum Gasteiger partial charge on any atom is -0.290 e. The van der Waals surface area contributed by atoms with Crippen LogP contribution in [0.3, 0.4) is 0 Å². The topological polar surface area (TPSA) is 30.0 Å². The molecule has 0 atom stereocenters. The molecule has 1 aromatic rings. The van der Waals surface area contributed by atoms with Crippen LogP contribution in [-0.4, -0.2) is 4.98 Å². The van der Waals surface area contributed by atoms with Crippen LogP contribution in [0.25, 0.3) is 6.08 Å². The van der Waals surface area contributed by atoms with Crippen LogP contribution in [0.15, 0.2) is 29.2 Å². The second-order valence-electron chi connectivity index (χ2n) is 2.81. The smallest absolute Gasteiger partial charge is 0.184 e. The van der Waals surface area contributed by atoms with Crippen molar-refractivity contribution in [1.82, 2.24) is 4.98 Å². The Balaban J connectivity index is 2.75. The molecule has 2 heteroatoms. The van der Waals surface area contributed by atoms with Crippen molar-refractivity contribution in [3.05, 3.63) is 45.9 Å². The molecule has 2 rings (SSSR count). The van der Waals surface area contributed by atoms with Gasteiger partial charge in [-0.3, -0.25) is 9.78 Å². The maximum atomic E-state index is 11.4. The molecular formula is C10H9NO. The van der Waals surface area contributed by atoms with Crippen molar-refractivity contribution in [2.24, 2.45) is 0 Å². The molecule has 0 saturated heterocycles. The van der Waals surface area contributed by atoms with Gasteiger partial charge in [0.25, 0.3) is 0 Å². The second kappa shape index (κ2) is 2.89. The standard InChI is InChI=1S/C10H9NO/c12-10-6-3-7-11-9-5-2-1-4-8(9)10/h2-3,5-7H,1,4H2. The van der Waals surface area contributed by atoms with Crippen LogP contribution >= 0.6 is 0 Å². The summed E-state index contributed by atoms with van der Waals surface area (Å²) >= 11 is 0. The minimum atomic E-state index is 0.104. The van der Waals surface area contributed by atoms with Gasteiger partial charge in [-0.1, -0.05) is 6.08 Å². The molecule has 1 aliphatic rings. The Bertz CT molecular complexity index is 382. The van der Waals surface area contributed by atoms with Crippen LogP contribution in [0.2, 0.25) is 0 Å². The number of hydrogen-bond donors (Lipinski definition) is 0. The fourth-order valence-corrected chi connectivity index (χ4v) is 1.38. The number of allylic oxidation sites excluding steroid dienone is 1. The van der Waals surface area contributed by atoms with Crippen LogP contribution < -0.4 is 5.43 Å². The van der Waals surface area contributed by atoms with E-state index < -0.39 is 0 Å². The largest absolute Gasteiger partial charge is 0.290 e. The molecule has 12 heavy (non-hydrogen) atoms. The Morgan fingerprint density at radius 3 is 3.25 bits per heavy atom. The maximum Gasteiger partial charge on any atom is 0.184 e. The Kier molecular flexibility index (Phi) is 1.74. The molecule has 1 aromatic heterocycles. The van der Waals surface area contributed by atoms with Gasteiger partial charge in [-0.2, -0.15) is 0 Å². The molecule has 0 unspecified atom stereocenters. The minimum absolute atomic E-state index is 0.104. The van der Waals surface area contributed by atoms with Gasteiger partial charge in [0.05, 0.1) is 5.69 Å². The van der Waals surface area contributed by atoms with Crippen LogP contribution in [-0.2, 0) is 6.42 Å². The zero-order valence-corrected chi connectivity index (χ0v) is 6.66. The van der Waals surface area contributed by atoms with Crippen molar-refractivity contribution in [2.45, 2.75) is 12.8 Å². The van der Waals surface area contributed by atoms with Gasteiger partial charge >= 0.3 is 0 Å². The lowest BCUT2D eigenvalue weighted by Gasteiger charge is -2.03. The van der Waals surface area contributed by atoms with E-state index in [0.717, 1.165) is 24.1 Å². The maximum absolute atomic E-state index is 11.4. The van der Waals surface area contributed by atoms with Gasteiger partial charge < -0.3 is 0 Å². The van der Waals surface area contributed by atoms with Gasteiger partial charge in [0.2, 0.25) is 0 Å². The predicted molar refractivity (Wildman–Crippen MR) is 47.9 cm³/mol. The highest BCUT2D eigenvalue weighted by Crippen LogP contribution is 2.11. The Hall–Kier alpha value is -1.44. The molecule has 0 saturated carbocycles. The molecule has 0 fully saturated rings. The van der Waals surface area contributed by atoms with E-state index in [-0.39, 0.29) is 5.43 Å². The van der Waals surface area contributed by atoms with Crippen molar-refractivity contribution >= 4 is 6.08 Å². The van der Waals surface area contributed by atoms with Crippen molar-refractivity contribution < 1.29 is 0 Å². The Morgan fingerprint density at radius 2 is 2.33 bits per heavy atom. The first kappa shape index (κ1) is 7.22. The molecule has 0 amide bonds. The fourth-order valence-electron chi connectivity index (χ4n) is 1.38. The van der Waals surface area contributed by atoms with Gasteiger partial charge in [0.1, 0.15) is 0 Å². The fraction of sp³-hybridized carbons (Fsp3) is 0.200. The molecule has 0 N–H and O–H groups in total. The first-order chi connectivity index (χ1) is 5.88. The van der Waals surface area contributed by atoms with E-state index in [1.165, 1.54) is 0 Å². The van der Waals surface area contributed by atoms with Gasteiger partial charge in [-0.15, -0.1) is 0 Å². The molecule has 60 valence electrons. The third-order valence-electron chi connectivity index (χ3n) is 1.99. The molecule has 0 aliphatic heterocycles. The molecule has 0 spiro atoms. The van der Waals surface area contributed by atoms with Crippen molar-refractivity contribution in [1.29, 1.82) is 0 Å². The van der Waals surface area contributed by atoms with Crippen LogP contribution in [0.4, 0.5) is 0 Å². The summed E-state index contributed by atoms with van der Waals surface area (Å²) in [6.07, 6.45) is 7.41. The number of rotatable bonds is 0. The monoisotopic (exact) mass is 159 g/mol. The summed E-state index contributed by atoms with van der Waals surface area (Å²) in [5.74, 6) is 0. The van der Waals surface area contributed by atoms with E-state index in [1.54, 1.807) is 18.3 Å². The Labute approximate surface area is 70.6 Å². The van der Waals surface area contributed by atoms with E-state index in [1.807, 2.05) is 6.08 Å². The lowest BCUT2D eigenvalue weighted by atomic mass is 10.0. The SMILES string of the molecule is O=c1cccnc2c1CCC=C2. The quantitative estimate of drug-likeness (QED) is 0.572. The van der Waals surface area contributed by atoms with Gasteiger partial charge in [0.15, 0.2) is 5.43 Å². The summed E-state index contributed by atoms with van der Waals surface area (Å²) in [6, 6.07) is 3.26. The molecule has 0 radical (unpaired) electrons. The average molecular weight is 159 g/mol. The van der Waals surface area contributed by atoms with Crippen molar-refractivity contribution in [3.63, 3.8) is 0 Å². The van der Waals surface area contributed by atoms with Crippen LogP contribution in [0.5, 0.6) is 0 Å². The number of fused-ring (bicyclic) bond motifs is 1. The molecule has 2 nitrogen and oxygen atoms in total. The second-order valence-corrected chi connectivity index (χ2v) is 2.81. The van der Waals surface area contributed by atoms with E-state index in [4.69, 9.17) is 0 Å². The highest BCUT2D eigenvalue weighted by molar-refractivity contribution is 5.51. The first-order valence-electron chi connectivity index (χ1n) is 4.03. The lowest BCUT2D eigenvalue weighted by Crippen LogP contribution is -2.08. The molecule has 0 aromatic carbocycles. The lowest BCUT2D eigenvalue weighted by molar-refractivity contribution is 0.962. The Morgan fingerprint density at radius 1 is 1.42 bits per heavy atom. The van der Waals surface area contributed by atoms with Gasteiger partial charge in [-0.05, 0) is 31.1 Å². The summed E-state index contributed by atoms with van der Waals surface area (Å²) in [5, 5.41) is 0. The molecule has 1 aliphatic carbocycles. The van der Waals surface area contributed by atoms with E-state index in [0.29, 0.717) is 0 Å². The zero-order chi connectivity index (χ0) is 8.39. The third kappa shape index (κ3) is 1.16. The average Bonchev–Trinajstić information content (AvgIpc) is 2.29. The summed E-state index contributed by atoms with van der Waals surface area (Å²) in [5.41, 5.74) is 1.78. The number of hydrogen-bond acceptors (Lipinski definition) is 2. The molecule has 1 heterocycles. The third-order valence-corrected chi connectivity index (χ3v) is 1.99. The predicted octanol–water partition coefficient (Wildman–Crippen LogP) is 1.40. The van der Waals surface area contributed by atoms with Gasteiger partial charge in [0, 0.05) is 11.8 Å². The van der Waals surface area contributed by atoms with E-state index in [2.05, 4.69) is 11.1 Å². The summed E-state index contributed by atoms with van der Waals surface area (Å²) in [7, 11) is 0. The normalized spacial score (nSPS) is 14.0. The van der Waals surface area contributed by atoms with E-state index in [9.17, 15) is 4.79 Å². The summed E-state index contributed by atoms with van der Waals surface area (Å²) < 4.78 is 0. The van der Waals surface area contributed by atoms with Gasteiger partial charge in [-0.25, -0.2) is 0 Å². The molecular weight excluding hydrogens is 150 g/mol. The highest BCUT2D eigenvalue weighted by Gasteiger charge is 2.06. The number of nitrogens with zero attached hydrogens (tertiary/aromatic N) is 1. The summed E-state index contributed by atoms with van der Waals surface area (Å²) in [6.45, 7) is 0. The first-order valence-corrected chi connectivity index (χ1v) is 4.03. The molecule has 0 bridgehead atoms.